The smallest absolute Gasteiger partial charge is 0.480 e. The average molecular weight is 1700 g/mol. The number of pyridine rings is 3. The molecule has 2 aliphatic heterocycles. The molecule has 14 rings (SSSR count). The number of carboxylic acids is 2. The molecule has 14 nitrogen and oxygen atoms in total. The van der Waals surface area contributed by atoms with Crippen molar-refractivity contribution in [1.82, 2.24) is 35.2 Å². The second-order valence-electron chi connectivity index (χ2n) is 21.5. The quantitative estimate of drug-likeness (QED) is 0.0438. The Bertz CT molecular complexity index is 4610. The first kappa shape index (κ1) is 74.5. The number of nitrogens with one attached hydrogen (secondary N) is 1. The van der Waals surface area contributed by atoms with E-state index in [1.807, 2.05) is 105 Å². The Morgan fingerprint density at radius 3 is 1.34 bits per heavy atom. The normalized spacial score (nSPS) is 13.5. The third-order valence-electron chi connectivity index (χ3n) is 14.7. The Morgan fingerprint density at radius 1 is 0.600 bits per heavy atom. The molecule has 0 bridgehead atoms. The summed E-state index contributed by atoms with van der Waals surface area (Å²) in [6.45, 7) is 7.66. The van der Waals surface area contributed by atoms with Gasteiger partial charge in [-0.05, 0) is 190 Å². The minimum absolute atomic E-state index is 0. The monoisotopic (exact) mass is 1700 g/mol. The predicted octanol–water partition coefficient (Wildman–Crippen LogP) is 15.6. The zero-order chi connectivity index (χ0) is 67.2. The van der Waals surface area contributed by atoms with E-state index in [2.05, 4.69) is 98.1 Å². The summed E-state index contributed by atoms with van der Waals surface area (Å²) < 4.78 is 33.9. The van der Waals surface area contributed by atoms with Crippen molar-refractivity contribution < 1.29 is 69.7 Å². The van der Waals surface area contributed by atoms with Gasteiger partial charge in [-0.15, -0.1) is 46.4 Å². The van der Waals surface area contributed by atoms with Crippen LogP contribution in [0.25, 0.3) is 64.0 Å². The molecule has 0 unspecified atom stereocenters. The molecule has 12 aromatic rings. The van der Waals surface area contributed by atoms with E-state index >= 15 is 0 Å². The molecule has 8 heterocycles. The third-order valence-corrected chi connectivity index (χ3v) is 18.8. The van der Waals surface area contributed by atoms with Gasteiger partial charge in [0.1, 0.15) is 17.9 Å². The summed E-state index contributed by atoms with van der Waals surface area (Å²) in [4.78, 5) is 48.6. The summed E-state index contributed by atoms with van der Waals surface area (Å²) in [7, 11) is 2.17. The summed E-state index contributed by atoms with van der Waals surface area (Å²) in [5.41, 5.74) is 15.4. The number of halogens is 7. The van der Waals surface area contributed by atoms with Crippen molar-refractivity contribution in [2.24, 2.45) is 0 Å². The van der Waals surface area contributed by atoms with Gasteiger partial charge in [0.15, 0.2) is 0 Å². The minimum Gasteiger partial charge on any atom is -0.480 e. The number of rotatable bonds is 12. The number of anilines is 1. The number of fused-ring (bicyclic) bond motifs is 3. The maximum absolute atomic E-state index is 13.0. The van der Waals surface area contributed by atoms with E-state index < -0.39 is 37.0 Å². The Morgan fingerprint density at radius 2 is 1.02 bits per heavy atom. The van der Waals surface area contributed by atoms with Crippen molar-refractivity contribution in [3.8, 4) is 33.4 Å². The second kappa shape index (κ2) is 35.3. The zero-order valence-electron chi connectivity index (χ0n) is 52.0. The van der Waals surface area contributed by atoms with E-state index in [1.54, 1.807) is 46.3 Å². The third kappa shape index (κ3) is 20.2. The number of hydrogen-bond donors (Lipinski definition) is 5. The number of carboxylic acid groups (broad SMARTS) is 2. The summed E-state index contributed by atoms with van der Waals surface area (Å²) in [6.07, 6.45) is 7.36. The molecule has 0 saturated carbocycles. The van der Waals surface area contributed by atoms with E-state index in [9.17, 15) is 23.5 Å². The molecule has 2 aliphatic rings. The fourth-order valence-electron chi connectivity index (χ4n) is 10.1. The van der Waals surface area contributed by atoms with Crippen LogP contribution in [0.1, 0.15) is 55.7 Å². The number of alkyl halides is 1. The Balaban J connectivity index is 0.000000180. The average Bonchev–Trinajstić information content (AvgIpc) is 1.55. The van der Waals surface area contributed by atoms with Gasteiger partial charge in [-0.3, -0.25) is 4.79 Å². The number of nitrogens with zero attached hydrogens (tertiary/aromatic N) is 7. The molecule has 0 aliphatic carbocycles. The molecule has 6 aromatic heterocycles. The fraction of sp³-hybridized carbons (Fsp3) is 0.176. The molecule has 2 fully saturated rings. The summed E-state index contributed by atoms with van der Waals surface area (Å²) >= 11 is 27.1. The molecule has 2 saturated heterocycles. The Labute approximate surface area is 616 Å². The summed E-state index contributed by atoms with van der Waals surface area (Å²) in [5, 5.41) is 43.3. The number of hydrogen-bond acceptors (Lipinski definition) is 15. The molecule has 484 valence electrons. The Kier molecular flexibility index (Phi) is 27.7. The van der Waals surface area contributed by atoms with Gasteiger partial charge in [0, 0.05) is 107 Å². The summed E-state index contributed by atoms with van der Waals surface area (Å²) in [6, 6.07) is 45.3. The number of aromatic nitrogens is 6. The van der Waals surface area contributed by atoms with Crippen LogP contribution in [-0.2, 0) is 27.8 Å². The van der Waals surface area contributed by atoms with Crippen molar-refractivity contribution in [2.75, 3.05) is 18.0 Å². The van der Waals surface area contributed by atoms with E-state index in [1.165, 1.54) is 28.0 Å². The number of thiazole rings is 3. The van der Waals surface area contributed by atoms with Crippen LogP contribution in [0.15, 0.2) is 164 Å². The van der Waals surface area contributed by atoms with Gasteiger partial charge < -0.3 is 30.5 Å². The topological polar surface area (TPSA) is 208 Å². The Hall–Kier alpha value is -6.26. The first-order valence-electron chi connectivity index (χ1n) is 29.3. The van der Waals surface area contributed by atoms with Gasteiger partial charge in [-0.2, -0.15) is 8.78 Å². The molecular weight excluding hydrogens is 1640 g/mol. The van der Waals surface area contributed by atoms with E-state index in [4.69, 9.17) is 61.3 Å². The van der Waals surface area contributed by atoms with E-state index in [0.717, 1.165) is 145 Å². The van der Waals surface area contributed by atoms with Crippen LogP contribution >= 0.6 is 97.2 Å². The fourth-order valence-corrected chi connectivity index (χ4v) is 13.8. The van der Waals surface area contributed by atoms with Gasteiger partial charge in [0.2, 0.25) is 11.9 Å². The zero-order valence-corrected chi connectivity index (χ0v) is 62.3. The van der Waals surface area contributed by atoms with Crippen molar-refractivity contribution in [1.29, 1.82) is 1.34 Å². The summed E-state index contributed by atoms with van der Waals surface area (Å²) in [5.74, 6) is -1.90. The SMILES string of the molecule is Cc1nc2c(-c3cccc(Cl)c3)cc(CBr)cc2s1.Cc1nc2c(-c3cccc(Cl)c3)cc(Cc3ccc(F)nc3)cc2s1.Cc1nc2c(-c3cccc(Cl)c3)cc(Cc3ccc(N4CC[C@H]4C(=O)O)nc3)cc2s1.Cl.O=C(O)[C@@H]1CCN1.OB(O)c1ccc(F)nc1.[2H][B].[U]. The molecule has 2 atom stereocenters. The van der Waals surface area contributed by atoms with E-state index in [-0.39, 0.29) is 55.0 Å². The molecule has 0 spiro atoms. The minimum atomic E-state index is -1.58. The number of carbonyl (C=O) groups is 2. The van der Waals surface area contributed by atoms with Gasteiger partial charge in [-0.25, -0.2) is 34.7 Å². The number of benzene rings is 6. The van der Waals surface area contributed by atoms with Gasteiger partial charge in [0.25, 0.3) is 0 Å². The van der Waals surface area contributed by atoms with Crippen LogP contribution in [0.2, 0.25) is 15.1 Å². The van der Waals surface area contributed by atoms with Crippen LogP contribution in [0, 0.1) is 63.8 Å². The molecule has 5 N–H and O–H groups in total. The van der Waals surface area contributed by atoms with E-state index in [0.29, 0.717) is 22.9 Å². The van der Waals surface area contributed by atoms with Gasteiger partial charge in [-0.1, -0.05) is 105 Å². The second-order valence-corrected chi connectivity index (χ2v) is 27.0. The standard InChI is InChI=1S/C24H20ClN3O2S.C20H14ClFN2S.C15H11BrClNS.C5H5BFNO2.C4H7NO2.BH.ClH.U/c1-14-27-23-19(17-3-2-4-18(25)12-17)10-16(11-21(23)31-14)9-15-5-6-22(26-13-15)28-8-7-20(28)24(29)30;1-12-24-20-17(15-3-2-4-16(21)10-15)8-14(9-18(20)25-12)7-13-5-6-19(22)23-11-13;1-9-18-15-13(11-3-2-4-12(17)7-11)5-10(8-16)6-14(15)19-9;7-5-2-1-4(3-8-5)6(9)10;6-4(7)3-1-2-5-3;;;/h2-6,10-13,20H,7-9H2,1H3,(H,29,30);2-6,8-11H,7H2,1H3;2-7H,8H2,1H3;1-3,9-10H;3,5H,1-2H2,(H,6,7);2*1H;/t20-;;;;3-;;;/m0...0.../s1/i;;;;;1D;;. The first-order chi connectivity index (χ1) is 45.2. The van der Waals surface area contributed by atoms with Gasteiger partial charge >= 0.3 is 19.1 Å². The molecule has 0 amide bonds. The van der Waals surface area contributed by atoms with Crippen molar-refractivity contribution in [3.05, 3.63) is 234 Å². The number of aryl methyl sites for hydroxylation is 3. The molecular formula is C68H59B2BrCl4F2N8O6S3U. The van der Waals surface area contributed by atoms with Crippen LogP contribution in [0.5, 0.6) is 0 Å². The number of aliphatic carboxylic acids is 2. The van der Waals surface area contributed by atoms with Crippen LogP contribution in [0.4, 0.5) is 14.6 Å². The van der Waals surface area contributed by atoms with Crippen LogP contribution in [-0.4, -0.2) is 104 Å². The first-order valence-corrected chi connectivity index (χ1v) is 33.5. The maximum Gasteiger partial charge on any atom is 0.490 e. The van der Waals surface area contributed by atoms with Gasteiger partial charge in [0.05, 0.1) is 45.7 Å². The molecule has 2 radical (unpaired) electrons. The predicted molar refractivity (Wildman–Crippen MR) is 387 cm³/mol. The maximum atomic E-state index is 13.0. The molecule has 27 heteroatoms. The molecule has 6 aromatic carbocycles. The molecule has 95 heavy (non-hydrogen) atoms. The largest absolute Gasteiger partial charge is 0.490 e. The van der Waals surface area contributed by atoms with Crippen molar-refractivity contribution >= 4 is 167 Å². The van der Waals surface area contributed by atoms with Crippen LogP contribution < -0.4 is 15.7 Å². The van der Waals surface area contributed by atoms with Crippen LogP contribution in [0.3, 0.4) is 0 Å². The van der Waals surface area contributed by atoms with Crippen molar-refractivity contribution in [2.45, 2.75) is 63.9 Å². The van der Waals surface area contributed by atoms with Crippen molar-refractivity contribution in [3.63, 3.8) is 0 Å².